The van der Waals surface area contributed by atoms with Crippen molar-refractivity contribution in [3.63, 3.8) is 0 Å². The van der Waals surface area contributed by atoms with Gasteiger partial charge < -0.3 is 10.2 Å². The zero-order valence-corrected chi connectivity index (χ0v) is 13.5. The monoisotopic (exact) mass is 300 g/mol. The lowest BCUT2D eigenvalue weighted by atomic mass is 10.0. The van der Waals surface area contributed by atoms with Crippen LogP contribution in [-0.4, -0.2) is 15.7 Å². The Morgan fingerprint density at radius 1 is 1.05 bits per heavy atom. The van der Waals surface area contributed by atoms with Crippen LogP contribution in [-0.2, 0) is 14.1 Å². The molecule has 0 radical (unpaired) electrons. The van der Waals surface area contributed by atoms with Gasteiger partial charge in [0.15, 0.2) is 0 Å². The van der Waals surface area contributed by atoms with E-state index < -0.39 is 0 Å². The van der Waals surface area contributed by atoms with Crippen molar-refractivity contribution >= 4 is 22.9 Å². The highest BCUT2D eigenvalue weighted by Gasteiger charge is 2.28. The molecule has 0 aliphatic carbocycles. The van der Waals surface area contributed by atoms with Gasteiger partial charge in [0.25, 0.3) is 5.56 Å². The van der Waals surface area contributed by atoms with Crippen molar-refractivity contribution in [3.8, 4) is 0 Å². The van der Waals surface area contributed by atoms with Crippen LogP contribution in [0.4, 0.5) is 22.9 Å². The summed E-state index contributed by atoms with van der Waals surface area (Å²) in [6, 6.07) is 4.13. The molecule has 0 unspecified atom stereocenters. The molecule has 1 aromatic heterocycles. The molecule has 1 N–H and O–H groups in total. The van der Waals surface area contributed by atoms with Crippen molar-refractivity contribution in [2.45, 2.75) is 20.8 Å². The summed E-state index contributed by atoms with van der Waals surface area (Å²) in [5, 5.41) is 3.26. The number of fused-ring (bicyclic) bond motifs is 2. The van der Waals surface area contributed by atoms with Crippen molar-refractivity contribution in [2.24, 2.45) is 14.1 Å². The SMILES string of the molecule is CCN1c2cc(C)c(C)cc2Nc2c1c(=O)n(C)c(=O)n2C. The molecule has 6 heteroatoms. The number of hydrogen-bond acceptors (Lipinski definition) is 4. The fourth-order valence-electron chi connectivity index (χ4n) is 2.91. The van der Waals surface area contributed by atoms with Crippen molar-refractivity contribution in [1.82, 2.24) is 9.13 Å². The first-order valence-corrected chi connectivity index (χ1v) is 7.32. The zero-order valence-electron chi connectivity index (χ0n) is 13.5. The fraction of sp³-hybridized carbons (Fsp3) is 0.375. The maximum Gasteiger partial charge on any atom is 0.332 e. The minimum Gasteiger partial charge on any atom is -0.338 e. The average Bonchev–Trinajstić information content (AvgIpc) is 2.50. The normalized spacial score (nSPS) is 12.7. The van der Waals surface area contributed by atoms with Crippen LogP contribution < -0.4 is 21.5 Å². The molecular formula is C16H20N4O2. The molecule has 3 rings (SSSR count). The molecule has 0 bridgehead atoms. The van der Waals surface area contributed by atoms with Crippen LogP contribution in [0.3, 0.4) is 0 Å². The summed E-state index contributed by atoms with van der Waals surface area (Å²) in [5.74, 6) is 0.547. The van der Waals surface area contributed by atoms with Crippen LogP contribution in [0.5, 0.6) is 0 Å². The van der Waals surface area contributed by atoms with Gasteiger partial charge in [-0.3, -0.25) is 13.9 Å². The van der Waals surface area contributed by atoms with Crippen molar-refractivity contribution in [1.29, 1.82) is 0 Å². The molecule has 22 heavy (non-hydrogen) atoms. The van der Waals surface area contributed by atoms with Gasteiger partial charge in [-0.15, -0.1) is 0 Å². The lowest BCUT2D eigenvalue weighted by Gasteiger charge is -2.34. The summed E-state index contributed by atoms with van der Waals surface area (Å²) < 4.78 is 2.63. The van der Waals surface area contributed by atoms with E-state index in [1.807, 2.05) is 18.7 Å². The molecule has 0 atom stereocenters. The molecule has 0 amide bonds. The van der Waals surface area contributed by atoms with Gasteiger partial charge in [-0.2, -0.15) is 0 Å². The molecule has 2 heterocycles. The van der Waals surface area contributed by atoms with Crippen LogP contribution in [0.2, 0.25) is 0 Å². The third kappa shape index (κ3) is 1.80. The summed E-state index contributed by atoms with van der Waals surface area (Å²) in [7, 11) is 3.18. The summed E-state index contributed by atoms with van der Waals surface area (Å²) in [4.78, 5) is 26.7. The third-order valence-corrected chi connectivity index (χ3v) is 4.38. The lowest BCUT2D eigenvalue weighted by molar-refractivity contribution is 0.687. The van der Waals surface area contributed by atoms with Gasteiger partial charge in [-0.1, -0.05) is 0 Å². The molecular weight excluding hydrogens is 280 g/mol. The first-order chi connectivity index (χ1) is 10.4. The van der Waals surface area contributed by atoms with Crippen LogP contribution in [0.15, 0.2) is 21.7 Å². The Kier molecular flexibility index (Phi) is 3.12. The van der Waals surface area contributed by atoms with Crippen LogP contribution in [0.25, 0.3) is 0 Å². The van der Waals surface area contributed by atoms with E-state index in [4.69, 9.17) is 0 Å². The van der Waals surface area contributed by atoms with Gasteiger partial charge in [-0.25, -0.2) is 4.79 Å². The van der Waals surface area contributed by atoms with E-state index in [1.54, 1.807) is 7.05 Å². The molecule has 0 saturated heterocycles. The number of nitrogens with zero attached hydrogens (tertiary/aromatic N) is 3. The first kappa shape index (κ1) is 14.4. The quantitative estimate of drug-likeness (QED) is 0.874. The predicted molar refractivity (Wildman–Crippen MR) is 88.8 cm³/mol. The van der Waals surface area contributed by atoms with E-state index in [2.05, 4.69) is 24.4 Å². The molecule has 0 fully saturated rings. The minimum absolute atomic E-state index is 0.281. The summed E-state index contributed by atoms with van der Waals surface area (Å²) in [6.45, 7) is 6.75. The first-order valence-electron chi connectivity index (χ1n) is 7.32. The van der Waals surface area contributed by atoms with E-state index >= 15 is 0 Å². The lowest BCUT2D eigenvalue weighted by Crippen LogP contribution is -2.42. The van der Waals surface area contributed by atoms with E-state index in [-0.39, 0.29) is 11.2 Å². The number of benzene rings is 1. The summed E-state index contributed by atoms with van der Waals surface area (Å²) in [5.41, 5.74) is 4.12. The number of anilines is 4. The van der Waals surface area contributed by atoms with Crippen LogP contribution in [0, 0.1) is 13.8 Å². The maximum atomic E-state index is 12.6. The van der Waals surface area contributed by atoms with E-state index in [9.17, 15) is 9.59 Å². The topological polar surface area (TPSA) is 59.3 Å². The standard InChI is InChI=1S/C16H20N4O2/c1-6-20-12-8-10(3)9(2)7-11(12)17-14-13(20)15(21)19(5)16(22)18(14)4/h7-8,17H,6H2,1-5H3. The van der Waals surface area contributed by atoms with Crippen molar-refractivity contribution in [2.75, 3.05) is 16.8 Å². The van der Waals surface area contributed by atoms with E-state index in [0.717, 1.165) is 15.9 Å². The van der Waals surface area contributed by atoms with Gasteiger partial charge >= 0.3 is 5.69 Å². The molecule has 6 nitrogen and oxygen atoms in total. The van der Waals surface area contributed by atoms with Crippen molar-refractivity contribution < 1.29 is 0 Å². The van der Waals surface area contributed by atoms with Gasteiger partial charge in [0.05, 0.1) is 11.4 Å². The minimum atomic E-state index is -0.334. The smallest absolute Gasteiger partial charge is 0.332 e. The Bertz CT molecular complexity index is 892. The van der Waals surface area contributed by atoms with Gasteiger partial charge in [0.2, 0.25) is 0 Å². The number of aryl methyl sites for hydroxylation is 2. The maximum absolute atomic E-state index is 12.6. The fourth-order valence-corrected chi connectivity index (χ4v) is 2.91. The molecule has 0 saturated carbocycles. The third-order valence-electron chi connectivity index (χ3n) is 4.38. The number of rotatable bonds is 1. The second-order valence-electron chi connectivity index (χ2n) is 5.73. The molecule has 2 aromatic rings. The highest BCUT2D eigenvalue weighted by Crippen LogP contribution is 2.41. The Morgan fingerprint density at radius 3 is 2.32 bits per heavy atom. The Hall–Kier alpha value is -2.50. The second-order valence-corrected chi connectivity index (χ2v) is 5.73. The zero-order chi connectivity index (χ0) is 16.2. The van der Waals surface area contributed by atoms with Gasteiger partial charge in [0, 0.05) is 20.6 Å². The van der Waals surface area contributed by atoms with Gasteiger partial charge in [0.1, 0.15) is 11.5 Å². The molecule has 1 aromatic carbocycles. The van der Waals surface area contributed by atoms with Gasteiger partial charge in [-0.05, 0) is 44.0 Å². The highest BCUT2D eigenvalue weighted by molar-refractivity contribution is 5.90. The predicted octanol–water partition coefficient (Wildman–Crippen LogP) is 1.92. The summed E-state index contributed by atoms with van der Waals surface area (Å²) in [6.07, 6.45) is 0. The molecule has 1 aliphatic heterocycles. The van der Waals surface area contributed by atoms with Crippen LogP contribution in [0.1, 0.15) is 18.1 Å². The summed E-state index contributed by atoms with van der Waals surface area (Å²) >= 11 is 0. The van der Waals surface area contributed by atoms with E-state index in [1.165, 1.54) is 22.7 Å². The van der Waals surface area contributed by atoms with Crippen LogP contribution >= 0.6 is 0 Å². The number of aromatic nitrogens is 2. The Balaban J connectivity index is 2.38. The molecule has 0 spiro atoms. The highest BCUT2D eigenvalue weighted by atomic mass is 16.2. The number of hydrogen-bond donors (Lipinski definition) is 1. The largest absolute Gasteiger partial charge is 0.338 e. The average molecular weight is 300 g/mol. The Morgan fingerprint density at radius 2 is 1.68 bits per heavy atom. The second kappa shape index (κ2) is 4.76. The molecule has 1 aliphatic rings. The van der Waals surface area contributed by atoms with E-state index in [0.29, 0.717) is 18.1 Å². The Labute approximate surface area is 128 Å². The molecule has 116 valence electrons. The van der Waals surface area contributed by atoms with Crippen molar-refractivity contribution in [3.05, 3.63) is 44.1 Å². The number of nitrogens with one attached hydrogen (secondary N) is 1.